The van der Waals surface area contributed by atoms with Gasteiger partial charge in [0.25, 0.3) is 0 Å². The topological polar surface area (TPSA) is 104 Å². The van der Waals surface area contributed by atoms with Crippen molar-refractivity contribution in [3.8, 4) is 0 Å². The fourth-order valence-corrected chi connectivity index (χ4v) is 2.97. The largest absolute Gasteiger partial charge is 0.376 e. The van der Waals surface area contributed by atoms with Crippen molar-refractivity contribution in [2.75, 3.05) is 28.8 Å². The van der Waals surface area contributed by atoms with E-state index in [2.05, 4.69) is 16.0 Å². The van der Waals surface area contributed by atoms with Gasteiger partial charge in [0.05, 0.1) is 11.4 Å². The standard InChI is InChI=1S/C20H25N3O4S/c1-13(2)20(25)23-16-6-5-14(3)18(11-16)21-12-19(24)22-15-7-9-17(10-8-15)28(4,26)27/h5-11,13,21H,12H2,1-4H3,(H,22,24)(H,23,25). The molecule has 7 nitrogen and oxygen atoms in total. The van der Waals surface area contributed by atoms with Crippen molar-refractivity contribution in [2.24, 2.45) is 5.92 Å². The molecule has 0 bridgehead atoms. The highest BCUT2D eigenvalue weighted by Crippen LogP contribution is 2.21. The minimum Gasteiger partial charge on any atom is -0.376 e. The van der Waals surface area contributed by atoms with Gasteiger partial charge in [-0.1, -0.05) is 19.9 Å². The van der Waals surface area contributed by atoms with Gasteiger partial charge in [0.2, 0.25) is 11.8 Å². The molecule has 0 aromatic heterocycles. The Morgan fingerprint density at radius 2 is 1.57 bits per heavy atom. The average Bonchev–Trinajstić information content (AvgIpc) is 2.61. The van der Waals surface area contributed by atoms with Crippen LogP contribution in [0.5, 0.6) is 0 Å². The van der Waals surface area contributed by atoms with E-state index >= 15 is 0 Å². The number of anilines is 3. The first-order valence-corrected chi connectivity index (χ1v) is 10.7. The number of nitrogens with one attached hydrogen (secondary N) is 3. The van der Waals surface area contributed by atoms with Crippen LogP contribution >= 0.6 is 0 Å². The lowest BCUT2D eigenvalue weighted by atomic mass is 10.1. The lowest BCUT2D eigenvalue weighted by Gasteiger charge is -2.13. The van der Waals surface area contributed by atoms with E-state index < -0.39 is 9.84 Å². The number of hydrogen-bond donors (Lipinski definition) is 3. The lowest BCUT2D eigenvalue weighted by Crippen LogP contribution is -2.22. The maximum absolute atomic E-state index is 12.2. The maximum Gasteiger partial charge on any atom is 0.243 e. The maximum atomic E-state index is 12.2. The summed E-state index contributed by atoms with van der Waals surface area (Å²) in [4.78, 5) is 24.2. The summed E-state index contributed by atoms with van der Waals surface area (Å²) in [5.41, 5.74) is 2.84. The first-order chi connectivity index (χ1) is 13.1. The highest BCUT2D eigenvalue weighted by Gasteiger charge is 2.10. The van der Waals surface area contributed by atoms with E-state index in [1.165, 1.54) is 12.1 Å². The summed E-state index contributed by atoms with van der Waals surface area (Å²) in [6.07, 6.45) is 1.13. The van der Waals surface area contributed by atoms with E-state index in [1.54, 1.807) is 18.2 Å². The number of aryl methyl sites for hydroxylation is 1. The summed E-state index contributed by atoms with van der Waals surface area (Å²) in [6.45, 7) is 5.55. The minimum absolute atomic E-state index is 0.0241. The number of carbonyl (C=O) groups excluding carboxylic acids is 2. The second-order valence-electron chi connectivity index (χ2n) is 6.87. The molecule has 0 aliphatic carbocycles. The van der Waals surface area contributed by atoms with Crippen LogP contribution in [0.3, 0.4) is 0 Å². The first-order valence-electron chi connectivity index (χ1n) is 8.81. The van der Waals surface area contributed by atoms with Crippen molar-refractivity contribution >= 4 is 38.7 Å². The molecule has 0 aliphatic heterocycles. The Hall–Kier alpha value is -2.87. The van der Waals surface area contributed by atoms with Crippen LogP contribution in [0.4, 0.5) is 17.1 Å². The second kappa shape index (κ2) is 8.88. The number of sulfone groups is 1. The van der Waals surface area contributed by atoms with Gasteiger partial charge in [0.15, 0.2) is 9.84 Å². The fourth-order valence-electron chi connectivity index (χ4n) is 2.34. The Morgan fingerprint density at radius 1 is 0.964 bits per heavy atom. The van der Waals surface area contributed by atoms with Crippen LogP contribution in [0.2, 0.25) is 0 Å². The average molecular weight is 404 g/mol. The molecule has 2 aromatic carbocycles. The van der Waals surface area contributed by atoms with Crippen molar-refractivity contribution in [1.82, 2.24) is 0 Å². The number of rotatable bonds is 7. The Bertz CT molecular complexity index is 967. The quantitative estimate of drug-likeness (QED) is 0.659. The molecule has 0 fully saturated rings. The first kappa shape index (κ1) is 21.4. The smallest absolute Gasteiger partial charge is 0.243 e. The highest BCUT2D eigenvalue weighted by atomic mass is 32.2. The van der Waals surface area contributed by atoms with E-state index in [0.717, 1.165) is 17.5 Å². The lowest BCUT2D eigenvalue weighted by molar-refractivity contribution is -0.119. The van der Waals surface area contributed by atoms with Crippen LogP contribution < -0.4 is 16.0 Å². The highest BCUT2D eigenvalue weighted by molar-refractivity contribution is 7.90. The summed E-state index contributed by atoms with van der Waals surface area (Å²) in [5, 5.41) is 8.58. The third-order valence-electron chi connectivity index (χ3n) is 4.04. The van der Waals surface area contributed by atoms with Crippen LogP contribution in [0.15, 0.2) is 47.4 Å². The SMILES string of the molecule is Cc1ccc(NC(=O)C(C)C)cc1NCC(=O)Nc1ccc(S(C)(=O)=O)cc1. The summed E-state index contributed by atoms with van der Waals surface area (Å²) in [5.74, 6) is -0.481. The Kier molecular flexibility index (Phi) is 6.80. The van der Waals surface area contributed by atoms with Gasteiger partial charge in [0.1, 0.15) is 0 Å². The number of benzene rings is 2. The molecule has 0 saturated carbocycles. The molecular weight excluding hydrogens is 378 g/mol. The zero-order valence-corrected chi connectivity index (χ0v) is 17.2. The number of hydrogen-bond acceptors (Lipinski definition) is 5. The molecule has 0 heterocycles. The van der Waals surface area contributed by atoms with Gasteiger partial charge in [0, 0.05) is 29.2 Å². The number of carbonyl (C=O) groups is 2. The molecule has 0 radical (unpaired) electrons. The van der Waals surface area contributed by atoms with Gasteiger partial charge in [-0.3, -0.25) is 9.59 Å². The summed E-state index contributed by atoms with van der Waals surface area (Å²) < 4.78 is 22.9. The zero-order valence-electron chi connectivity index (χ0n) is 16.4. The van der Waals surface area contributed by atoms with Crippen LogP contribution in [-0.2, 0) is 19.4 Å². The van der Waals surface area contributed by atoms with Crippen LogP contribution in [0, 0.1) is 12.8 Å². The molecule has 28 heavy (non-hydrogen) atoms. The molecule has 0 saturated heterocycles. The van der Waals surface area contributed by atoms with Crippen molar-refractivity contribution in [3.05, 3.63) is 48.0 Å². The minimum atomic E-state index is -3.27. The van der Waals surface area contributed by atoms with Crippen LogP contribution in [0.1, 0.15) is 19.4 Å². The van der Waals surface area contributed by atoms with E-state index in [1.807, 2.05) is 32.9 Å². The molecule has 0 unspecified atom stereocenters. The molecule has 0 spiro atoms. The van der Waals surface area contributed by atoms with E-state index in [4.69, 9.17) is 0 Å². The molecule has 2 aromatic rings. The van der Waals surface area contributed by atoms with Crippen molar-refractivity contribution in [3.63, 3.8) is 0 Å². The van der Waals surface area contributed by atoms with E-state index in [0.29, 0.717) is 11.4 Å². The molecule has 0 atom stereocenters. The van der Waals surface area contributed by atoms with Gasteiger partial charge >= 0.3 is 0 Å². The van der Waals surface area contributed by atoms with Crippen molar-refractivity contribution in [2.45, 2.75) is 25.7 Å². The molecule has 150 valence electrons. The summed E-state index contributed by atoms with van der Waals surface area (Å²) in [7, 11) is -3.27. The molecule has 2 rings (SSSR count). The van der Waals surface area contributed by atoms with E-state index in [-0.39, 0.29) is 29.2 Å². The van der Waals surface area contributed by atoms with Gasteiger partial charge in [-0.05, 0) is 48.9 Å². The van der Waals surface area contributed by atoms with Gasteiger partial charge in [-0.25, -0.2) is 8.42 Å². The Morgan fingerprint density at radius 3 is 2.14 bits per heavy atom. The van der Waals surface area contributed by atoms with Crippen LogP contribution in [0.25, 0.3) is 0 Å². The predicted molar refractivity (Wildman–Crippen MR) is 111 cm³/mol. The monoisotopic (exact) mass is 403 g/mol. The molecule has 3 N–H and O–H groups in total. The molecule has 8 heteroatoms. The molecule has 0 aliphatic rings. The Balaban J connectivity index is 1.97. The summed E-state index contributed by atoms with van der Waals surface area (Å²) >= 11 is 0. The van der Waals surface area contributed by atoms with Crippen LogP contribution in [-0.4, -0.2) is 33.0 Å². The molecule has 2 amide bonds. The van der Waals surface area contributed by atoms with Gasteiger partial charge < -0.3 is 16.0 Å². The third kappa shape index (κ3) is 6.09. The Labute approximate surface area is 165 Å². The second-order valence-corrected chi connectivity index (χ2v) is 8.89. The van der Waals surface area contributed by atoms with Gasteiger partial charge in [-0.15, -0.1) is 0 Å². The predicted octanol–water partition coefficient (Wildman–Crippen LogP) is 3.04. The van der Waals surface area contributed by atoms with Crippen molar-refractivity contribution < 1.29 is 18.0 Å². The molecular formula is C20H25N3O4S. The van der Waals surface area contributed by atoms with Crippen molar-refractivity contribution in [1.29, 1.82) is 0 Å². The fraction of sp³-hybridized carbons (Fsp3) is 0.300. The zero-order chi connectivity index (χ0) is 20.9. The summed E-state index contributed by atoms with van der Waals surface area (Å²) in [6, 6.07) is 11.4. The third-order valence-corrected chi connectivity index (χ3v) is 5.16. The normalized spacial score (nSPS) is 11.2. The van der Waals surface area contributed by atoms with E-state index in [9.17, 15) is 18.0 Å². The van der Waals surface area contributed by atoms with Gasteiger partial charge in [-0.2, -0.15) is 0 Å². The number of amides is 2.